The third kappa shape index (κ3) is 4.89. The molecule has 1 atom stereocenters. The van der Waals surface area contributed by atoms with Crippen molar-refractivity contribution in [3.8, 4) is 5.75 Å². The van der Waals surface area contributed by atoms with Crippen molar-refractivity contribution in [1.29, 1.82) is 0 Å². The maximum atomic E-state index is 13.1. The summed E-state index contributed by atoms with van der Waals surface area (Å²) in [5.74, 6) is -1.02. The van der Waals surface area contributed by atoms with Crippen LogP contribution in [0.4, 0.5) is 0 Å². The predicted octanol–water partition coefficient (Wildman–Crippen LogP) is 4.61. The second kappa shape index (κ2) is 10.4. The number of aromatic nitrogens is 2. The predicted molar refractivity (Wildman–Crippen MR) is 129 cm³/mol. The molecule has 1 aromatic heterocycles. The van der Waals surface area contributed by atoms with Crippen LogP contribution in [0.15, 0.2) is 85.5 Å². The number of likely N-dealkylation sites (tertiary alicyclic amines) is 1. The van der Waals surface area contributed by atoms with Crippen LogP contribution in [0.2, 0.25) is 5.02 Å². The summed E-state index contributed by atoms with van der Waals surface area (Å²) in [4.78, 5) is 31.7. The Morgan fingerprint density at radius 2 is 1.97 bits per heavy atom. The molecule has 7 nitrogen and oxygen atoms in total. The molecule has 0 saturated carbocycles. The van der Waals surface area contributed by atoms with E-state index in [1.165, 1.54) is 4.90 Å². The highest BCUT2D eigenvalue weighted by molar-refractivity contribution is 6.46. The average molecular weight is 478 g/mol. The van der Waals surface area contributed by atoms with Gasteiger partial charge in [0.2, 0.25) is 0 Å². The molecule has 0 bridgehead atoms. The molecule has 174 valence electrons. The summed E-state index contributed by atoms with van der Waals surface area (Å²) >= 11 is 6.22. The Morgan fingerprint density at radius 3 is 2.65 bits per heavy atom. The Bertz CT molecular complexity index is 1220. The Hall–Kier alpha value is -3.84. The highest BCUT2D eigenvalue weighted by Crippen LogP contribution is 2.40. The summed E-state index contributed by atoms with van der Waals surface area (Å²) in [7, 11) is 0. The molecule has 0 radical (unpaired) electrons. The van der Waals surface area contributed by atoms with Gasteiger partial charge in [-0.2, -0.15) is 0 Å². The van der Waals surface area contributed by atoms with Gasteiger partial charge in [0, 0.05) is 36.1 Å². The molecule has 1 aliphatic heterocycles. The van der Waals surface area contributed by atoms with Gasteiger partial charge in [0.1, 0.15) is 18.1 Å². The minimum Gasteiger partial charge on any atom is -0.507 e. The van der Waals surface area contributed by atoms with Crippen molar-refractivity contribution in [3.05, 3.63) is 102 Å². The molecule has 4 rings (SSSR count). The molecular formula is C26H24ClN3O4. The van der Waals surface area contributed by atoms with Gasteiger partial charge in [-0.15, -0.1) is 0 Å². The van der Waals surface area contributed by atoms with E-state index in [4.69, 9.17) is 16.3 Å². The van der Waals surface area contributed by atoms with Crippen LogP contribution in [0.1, 0.15) is 23.6 Å². The van der Waals surface area contributed by atoms with Crippen LogP contribution in [-0.2, 0) is 16.1 Å². The van der Waals surface area contributed by atoms with E-state index in [0.29, 0.717) is 48.0 Å². The molecule has 1 fully saturated rings. The number of halogens is 1. The molecule has 0 aliphatic carbocycles. The van der Waals surface area contributed by atoms with E-state index in [1.807, 2.05) is 10.8 Å². The van der Waals surface area contributed by atoms with Gasteiger partial charge in [0.05, 0.1) is 17.9 Å². The summed E-state index contributed by atoms with van der Waals surface area (Å²) in [6, 6.07) is 12.9. The first-order valence-electron chi connectivity index (χ1n) is 10.8. The average Bonchev–Trinajstić information content (AvgIpc) is 3.45. The second-order valence-electron chi connectivity index (χ2n) is 7.83. The van der Waals surface area contributed by atoms with Crippen molar-refractivity contribution >= 4 is 29.1 Å². The first-order valence-corrected chi connectivity index (χ1v) is 11.2. The fourth-order valence-corrected chi connectivity index (χ4v) is 4.19. The molecule has 8 heteroatoms. The molecule has 1 unspecified atom stereocenters. The number of hydrogen-bond donors (Lipinski definition) is 1. The third-order valence-corrected chi connectivity index (χ3v) is 5.81. The Balaban J connectivity index is 1.69. The van der Waals surface area contributed by atoms with Crippen LogP contribution in [-0.4, -0.2) is 44.4 Å². The van der Waals surface area contributed by atoms with Gasteiger partial charge in [-0.05, 0) is 48.4 Å². The quantitative estimate of drug-likeness (QED) is 0.210. The molecule has 1 saturated heterocycles. The number of ether oxygens (including phenoxy) is 1. The summed E-state index contributed by atoms with van der Waals surface area (Å²) in [5, 5.41) is 11.6. The lowest BCUT2D eigenvalue weighted by Crippen LogP contribution is -2.31. The first-order chi connectivity index (χ1) is 16.5. The monoisotopic (exact) mass is 477 g/mol. The molecule has 1 aliphatic rings. The van der Waals surface area contributed by atoms with Crippen LogP contribution in [0.5, 0.6) is 5.75 Å². The molecule has 3 aromatic rings. The normalized spacial score (nSPS) is 17.2. The summed E-state index contributed by atoms with van der Waals surface area (Å²) in [6.45, 7) is 4.93. The van der Waals surface area contributed by atoms with E-state index >= 15 is 0 Å². The first kappa shape index (κ1) is 23.3. The Labute approximate surface area is 202 Å². The lowest BCUT2D eigenvalue weighted by molar-refractivity contribution is -0.139. The van der Waals surface area contributed by atoms with Crippen molar-refractivity contribution in [2.24, 2.45) is 0 Å². The highest BCUT2D eigenvalue weighted by atomic mass is 35.5. The van der Waals surface area contributed by atoms with Crippen LogP contribution < -0.4 is 4.74 Å². The zero-order chi connectivity index (χ0) is 24.1. The van der Waals surface area contributed by atoms with E-state index < -0.39 is 17.7 Å². The fourth-order valence-electron chi connectivity index (χ4n) is 4.00. The van der Waals surface area contributed by atoms with Crippen LogP contribution >= 0.6 is 11.6 Å². The SMILES string of the molecule is C=CCOc1ccc(/C(O)=C2\C(=O)C(=O)N(CCCn3ccnc3)C2c2cccc(Cl)c2)cc1. The number of imidazole rings is 1. The van der Waals surface area contributed by atoms with Gasteiger partial charge >= 0.3 is 0 Å². The van der Waals surface area contributed by atoms with Crippen LogP contribution in [0, 0.1) is 0 Å². The van der Waals surface area contributed by atoms with Gasteiger partial charge in [-0.1, -0.05) is 36.4 Å². The minimum absolute atomic E-state index is 0.0367. The van der Waals surface area contributed by atoms with Crippen molar-refractivity contribution in [3.63, 3.8) is 0 Å². The molecule has 2 aromatic carbocycles. The number of ketones is 1. The molecule has 0 spiro atoms. The number of carbonyl (C=O) groups excluding carboxylic acids is 2. The standard InChI is InChI=1S/C26H24ClN3O4/c1-2-15-34-21-9-7-18(8-10-21)24(31)22-23(19-5-3-6-20(27)16-19)30(26(33)25(22)32)13-4-12-29-14-11-28-17-29/h2-3,5-11,14,16-17,23,31H,1,4,12-13,15H2/b24-22+. The zero-order valence-corrected chi connectivity index (χ0v) is 19.2. The third-order valence-electron chi connectivity index (χ3n) is 5.57. The number of rotatable bonds is 9. The number of benzene rings is 2. The number of hydrogen-bond acceptors (Lipinski definition) is 5. The van der Waals surface area contributed by atoms with Gasteiger partial charge in [0.15, 0.2) is 0 Å². The van der Waals surface area contributed by atoms with E-state index in [2.05, 4.69) is 11.6 Å². The maximum Gasteiger partial charge on any atom is 0.295 e. The molecule has 1 N–H and O–H groups in total. The summed E-state index contributed by atoms with van der Waals surface area (Å²) in [5.41, 5.74) is 1.10. The fraction of sp³-hybridized carbons (Fsp3) is 0.192. The van der Waals surface area contributed by atoms with Gasteiger partial charge < -0.3 is 19.3 Å². The molecule has 34 heavy (non-hydrogen) atoms. The lowest BCUT2D eigenvalue weighted by Gasteiger charge is -2.25. The number of aliphatic hydroxyl groups is 1. The van der Waals surface area contributed by atoms with Crippen LogP contribution in [0.25, 0.3) is 5.76 Å². The van der Waals surface area contributed by atoms with E-state index in [-0.39, 0.29) is 11.3 Å². The van der Waals surface area contributed by atoms with Crippen molar-refractivity contribution < 1.29 is 19.4 Å². The lowest BCUT2D eigenvalue weighted by atomic mass is 9.95. The van der Waals surface area contributed by atoms with Gasteiger partial charge in [-0.25, -0.2) is 4.98 Å². The summed E-state index contributed by atoms with van der Waals surface area (Å²) < 4.78 is 7.39. The topological polar surface area (TPSA) is 84.7 Å². The van der Waals surface area contributed by atoms with Crippen molar-refractivity contribution in [2.75, 3.05) is 13.2 Å². The van der Waals surface area contributed by atoms with E-state index in [9.17, 15) is 14.7 Å². The molecule has 1 amide bonds. The van der Waals surface area contributed by atoms with E-state index in [1.54, 1.807) is 67.1 Å². The molecule has 2 heterocycles. The zero-order valence-electron chi connectivity index (χ0n) is 18.4. The Morgan fingerprint density at radius 1 is 1.18 bits per heavy atom. The minimum atomic E-state index is -0.752. The Kier molecular flexibility index (Phi) is 7.13. The largest absolute Gasteiger partial charge is 0.507 e. The van der Waals surface area contributed by atoms with Gasteiger partial charge in [0.25, 0.3) is 11.7 Å². The van der Waals surface area contributed by atoms with Crippen LogP contribution in [0.3, 0.4) is 0 Å². The second-order valence-corrected chi connectivity index (χ2v) is 8.26. The molecular weight excluding hydrogens is 454 g/mol. The number of amides is 1. The number of Topliss-reactive ketones (excluding diaryl/α,β-unsaturated/α-hetero) is 1. The van der Waals surface area contributed by atoms with Gasteiger partial charge in [-0.3, -0.25) is 9.59 Å². The van der Waals surface area contributed by atoms with Crippen molar-refractivity contribution in [2.45, 2.75) is 19.0 Å². The van der Waals surface area contributed by atoms with Crippen molar-refractivity contribution in [1.82, 2.24) is 14.5 Å². The number of aliphatic hydroxyl groups excluding tert-OH is 1. The van der Waals surface area contributed by atoms with E-state index in [0.717, 1.165) is 0 Å². The highest BCUT2D eigenvalue weighted by Gasteiger charge is 2.45. The number of nitrogens with zero attached hydrogens (tertiary/aromatic N) is 3. The smallest absolute Gasteiger partial charge is 0.295 e. The number of carbonyl (C=O) groups is 2. The maximum absolute atomic E-state index is 13.1. The number of aryl methyl sites for hydroxylation is 1. The summed E-state index contributed by atoms with van der Waals surface area (Å²) in [6.07, 6.45) is 7.46.